The lowest BCUT2D eigenvalue weighted by atomic mass is 9.96. The minimum atomic E-state index is -0.831. The summed E-state index contributed by atoms with van der Waals surface area (Å²) in [5.74, 6) is -1.37. The number of amides is 1. The summed E-state index contributed by atoms with van der Waals surface area (Å²) in [4.78, 5) is 28.1. The Morgan fingerprint density at radius 2 is 2.03 bits per heavy atom. The van der Waals surface area contributed by atoms with Gasteiger partial charge in [0.05, 0.1) is 17.9 Å². The SMILES string of the molecule is CC(C)(C)OC(=O)NCCCC(Cc1ncn2c1CCCc1ccccc1-2)C(=O)O. The number of fused-ring (bicyclic) bond motifs is 3. The van der Waals surface area contributed by atoms with Gasteiger partial charge in [-0.2, -0.15) is 0 Å². The van der Waals surface area contributed by atoms with Gasteiger partial charge in [0.15, 0.2) is 0 Å². The lowest BCUT2D eigenvalue weighted by Gasteiger charge is -2.20. The number of imidazole rings is 1. The Kier molecular flexibility index (Phi) is 6.80. The van der Waals surface area contributed by atoms with Crippen molar-refractivity contribution in [3.05, 3.63) is 47.5 Å². The molecule has 0 spiro atoms. The molecule has 0 bridgehead atoms. The summed E-state index contributed by atoms with van der Waals surface area (Å²) >= 11 is 0. The van der Waals surface area contributed by atoms with Gasteiger partial charge in [0.1, 0.15) is 5.60 Å². The summed E-state index contributed by atoms with van der Waals surface area (Å²) in [5, 5.41) is 12.4. The predicted octanol–water partition coefficient (Wildman–Crippen LogP) is 3.91. The summed E-state index contributed by atoms with van der Waals surface area (Å²) in [7, 11) is 0. The average molecular weight is 414 g/mol. The van der Waals surface area contributed by atoms with E-state index in [9.17, 15) is 14.7 Å². The van der Waals surface area contributed by atoms with Crippen LogP contribution in [0.2, 0.25) is 0 Å². The third kappa shape index (κ3) is 5.62. The van der Waals surface area contributed by atoms with Gasteiger partial charge in [0.2, 0.25) is 0 Å². The molecule has 1 unspecified atom stereocenters. The van der Waals surface area contributed by atoms with Crippen molar-refractivity contribution in [1.82, 2.24) is 14.9 Å². The molecule has 0 saturated carbocycles. The minimum Gasteiger partial charge on any atom is -0.481 e. The van der Waals surface area contributed by atoms with Gasteiger partial charge < -0.3 is 19.7 Å². The van der Waals surface area contributed by atoms with E-state index in [1.54, 1.807) is 20.8 Å². The number of rotatable bonds is 7. The van der Waals surface area contributed by atoms with Crippen LogP contribution in [0.5, 0.6) is 0 Å². The molecule has 1 aliphatic heterocycles. The largest absolute Gasteiger partial charge is 0.481 e. The number of carboxylic acids is 1. The highest BCUT2D eigenvalue weighted by Gasteiger charge is 2.24. The normalized spacial score (nSPS) is 14.2. The molecule has 1 aromatic heterocycles. The number of aromatic nitrogens is 2. The second-order valence-corrected chi connectivity index (χ2v) is 8.80. The first kappa shape index (κ1) is 21.9. The van der Waals surface area contributed by atoms with Crippen LogP contribution < -0.4 is 5.32 Å². The minimum absolute atomic E-state index is 0.382. The van der Waals surface area contributed by atoms with Crippen molar-refractivity contribution < 1.29 is 19.4 Å². The molecule has 1 aromatic carbocycles. The summed E-state index contributed by atoms with van der Waals surface area (Å²) in [6.45, 7) is 5.80. The van der Waals surface area contributed by atoms with Crippen LogP contribution in [0.1, 0.15) is 57.0 Å². The predicted molar refractivity (Wildman–Crippen MR) is 114 cm³/mol. The summed E-state index contributed by atoms with van der Waals surface area (Å²) in [6, 6.07) is 8.30. The molecule has 0 radical (unpaired) electrons. The van der Waals surface area contributed by atoms with Crippen LogP contribution >= 0.6 is 0 Å². The fourth-order valence-corrected chi connectivity index (χ4v) is 3.86. The van der Waals surface area contributed by atoms with Crippen LogP contribution in [0, 0.1) is 5.92 Å². The molecular formula is C23H31N3O4. The van der Waals surface area contributed by atoms with E-state index in [0.29, 0.717) is 25.8 Å². The Hall–Kier alpha value is -2.83. The third-order valence-electron chi connectivity index (χ3n) is 5.25. The maximum absolute atomic E-state index is 11.8. The Balaban J connectivity index is 1.61. The van der Waals surface area contributed by atoms with Crippen molar-refractivity contribution in [2.24, 2.45) is 5.92 Å². The number of aliphatic carboxylic acids is 1. The van der Waals surface area contributed by atoms with Crippen LogP contribution in [-0.2, 0) is 28.8 Å². The topological polar surface area (TPSA) is 93.5 Å². The molecule has 0 saturated heterocycles. The Labute approximate surface area is 177 Å². The second kappa shape index (κ2) is 9.32. The molecule has 2 aromatic rings. The summed E-state index contributed by atoms with van der Waals surface area (Å²) in [5.41, 5.74) is 3.85. The first-order valence-corrected chi connectivity index (χ1v) is 10.6. The number of alkyl carbamates (subject to hydrolysis) is 1. The molecule has 2 heterocycles. The van der Waals surface area contributed by atoms with Gasteiger partial charge in [-0.1, -0.05) is 18.2 Å². The van der Waals surface area contributed by atoms with E-state index in [1.807, 2.05) is 18.5 Å². The number of nitrogens with zero attached hydrogens (tertiary/aromatic N) is 2. The van der Waals surface area contributed by atoms with E-state index in [2.05, 4.69) is 27.0 Å². The highest BCUT2D eigenvalue weighted by molar-refractivity contribution is 5.70. The van der Waals surface area contributed by atoms with Crippen LogP contribution in [0.4, 0.5) is 4.79 Å². The number of hydrogen-bond acceptors (Lipinski definition) is 4. The second-order valence-electron chi connectivity index (χ2n) is 8.80. The molecule has 1 amide bonds. The lowest BCUT2D eigenvalue weighted by molar-refractivity contribution is -0.142. The molecule has 3 rings (SSSR count). The number of nitrogens with one attached hydrogen (secondary N) is 1. The number of carbonyl (C=O) groups is 2. The average Bonchev–Trinajstić information content (AvgIpc) is 2.95. The zero-order valence-electron chi connectivity index (χ0n) is 18.0. The highest BCUT2D eigenvalue weighted by Crippen LogP contribution is 2.27. The molecule has 1 atom stereocenters. The number of para-hydroxylation sites is 1. The van der Waals surface area contributed by atoms with E-state index in [1.165, 1.54) is 5.56 Å². The molecule has 0 aliphatic carbocycles. The quantitative estimate of drug-likeness (QED) is 0.671. The monoisotopic (exact) mass is 413 g/mol. The first-order valence-electron chi connectivity index (χ1n) is 10.6. The standard InChI is InChI=1S/C23H31N3O4/c1-23(2,3)30-22(29)24-13-7-10-17(21(27)28)14-18-20-12-6-9-16-8-4-5-11-19(16)26(20)15-25-18/h4-5,8,11,15,17H,6-7,9-10,12-14H2,1-3H3,(H,24,29)(H,27,28). The van der Waals surface area contributed by atoms with Gasteiger partial charge in [-0.3, -0.25) is 4.79 Å². The lowest BCUT2D eigenvalue weighted by Crippen LogP contribution is -2.33. The number of hydrogen-bond donors (Lipinski definition) is 2. The van der Waals surface area contributed by atoms with Gasteiger partial charge in [-0.15, -0.1) is 0 Å². The van der Waals surface area contributed by atoms with Crippen molar-refractivity contribution in [3.63, 3.8) is 0 Å². The van der Waals surface area contributed by atoms with Crippen molar-refractivity contribution >= 4 is 12.1 Å². The van der Waals surface area contributed by atoms with Gasteiger partial charge in [0.25, 0.3) is 0 Å². The molecule has 7 nitrogen and oxygen atoms in total. The maximum Gasteiger partial charge on any atom is 0.407 e. The van der Waals surface area contributed by atoms with E-state index >= 15 is 0 Å². The van der Waals surface area contributed by atoms with Crippen LogP contribution in [0.15, 0.2) is 30.6 Å². The van der Waals surface area contributed by atoms with Crippen molar-refractivity contribution in [1.29, 1.82) is 0 Å². The van der Waals surface area contributed by atoms with Crippen LogP contribution in [0.25, 0.3) is 5.69 Å². The Bertz CT molecular complexity index is 898. The van der Waals surface area contributed by atoms with Crippen molar-refractivity contribution in [2.45, 2.75) is 64.9 Å². The smallest absolute Gasteiger partial charge is 0.407 e. The van der Waals surface area contributed by atoms with Crippen LogP contribution in [-0.4, -0.2) is 38.9 Å². The highest BCUT2D eigenvalue weighted by atomic mass is 16.6. The molecular weight excluding hydrogens is 382 g/mol. The van der Waals surface area contributed by atoms with Crippen molar-refractivity contribution in [2.75, 3.05) is 6.54 Å². The first-order chi connectivity index (χ1) is 14.2. The molecule has 2 N–H and O–H groups in total. The Morgan fingerprint density at radius 1 is 1.27 bits per heavy atom. The maximum atomic E-state index is 11.8. The van der Waals surface area contributed by atoms with Gasteiger partial charge >= 0.3 is 12.1 Å². The molecule has 0 fully saturated rings. The zero-order valence-corrected chi connectivity index (χ0v) is 18.0. The number of carbonyl (C=O) groups excluding carboxylic acids is 1. The molecule has 1 aliphatic rings. The number of benzene rings is 1. The van der Waals surface area contributed by atoms with Crippen molar-refractivity contribution in [3.8, 4) is 5.69 Å². The van der Waals surface area contributed by atoms with E-state index < -0.39 is 23.6 Å². The van der Waals surface area contributed by atoms with E-state index in [-0.39, 0.29) is 0 Å². The van der Waals surface area contributed by atoms with Gasteiger partial charge in [-0.25, -0.2) is 9.78 Å². The molecule has 7 heteroatoms. The zero-order chi connectivity index (χ0) is 21.7. The van der Waals surface area contributed by atoms with Crippen LogP contribution in [0.3, 0.4) is 0 Å². The summed E-state index contributed by atoms with van der Waals surface area (Å²) < 4.78 is 7.31. The molecule has 30 heavy (non-hydrogen) atoms. The third-order valence-corrected chi connectivity index (χ3v) is 5.25. The fourth-order valence-electron chi connectivity index (χ4n) is 3.86. The fraction of sp³-hybridized carbons (Fsp3) is 0.522. The molecule has 162 valence electrons. The number of ether oxygens (including phenoxy) is 1. The number of carboxylic acid groups (broad SMARTS) is 1. The number of aryl methyl sites for hydroxylation is 1. The summed E-state index contributed by atoms with van der Waals surface area (Å²) in [6.07, 6.45) is 5.68. The van der Waals surface area contributed by atoms with E-state index in [4.69, 9.17) is 4.74 Å². The van der Waals surface area contributed by atoms with Gasteiger partial charge in [-0.05, 0) is 64.5 Å². The van der Waals surface area contributed by atoms with E-state index in [0.717, 1.165) is 36.3 Å². The van der Waals surface area contributed by atoms with Gasteiger partial charge in [0, 0.05) is 24.3 Å². The Morgan fingerprint density at radius 3 is 2.77 bits per heavy atom.